The Morgan fingerprint density at radius 3 is 2.31 bits per heavy atom. The Kier molecular flexibility index (Phi) is 5.89. The average molecular weight is 386 g/mol. The average Bonchev–Trinajstić information content (AvgIpc) is 2.79. The number of pyridine rings is 1. The normalized spacial score (nSPS) is 14.6. The summed E-state index contributed by atoms with van der Waals surface area (Å²) in [7, 11) is 0. The Balaban J connectivity index is 1.63. The number of amides is 1. The summed E-state index contributed by atoms with van der Waals surface area (Å²) in [5.74, 6) is 0.780. The third-order valence-electron chi connectivity index (χ3n) is 5.60. The second-order valence-electron chi connectivity index (χ2n) is 7.81. The highest BCUT2D eigenvalue weighted by Gasteiger charge is 2.22. The molecule has 0 N–H and O–H groups in total. The van der Waals surface area contributed by atoms with E-state index in [9.17, 15) is 4.79 Å². The topological polar surface area (TPSA) is 36.4 Å². The first-order valence-electron chi connectivity index (χ1n) is 10.3. The van der Waals surface area contributed by atoms with Crippen molar-refractivity contribution < 1.29 is 4.79 Å². The van der Waals surface area contributed by atoms with Crippen LogP contribution in [0.2, 0.25) is 0 Å². The molecule has 2 aromatic carbocycles. The molecule has 2 heterocycles. The fourth-order valence-electron chi connectivity index (χ4n) is 3.79. The van der Waals surface area contributed by atoms with Gasteiger partial charge in [-0.25, -0.2) is 0 Å². The molecule has 1 amide bonds. The monoisotopic (exact) mass is 385 g/mol. The maximum atomic E-state index is 13.0. The Hall–Kier alpha value is -3.14. The van der Waals surface area contributed by atoms with E-state index in [0.29, 0.717) is 18.0 Å². The molecule has 1 aromatic heterocycles. The van der Waals surface area contributed by atoms with Crippen molar-refractivity contribution >= 4 is 17.3 Å². The molecule has 3 aromatic rings. The lowest BCUT2D eigenvalue weighted by molar-refractivity contribution is 0.0697. The standard InChI is InChI=1S/C25H27N3O/c1-20-12-14-27(15-13-20)25(29)22-16-24(18-26-17-22)28(23-10-6-3-7-11-23)19-21-8-4-2-5-9-21/h2-11,16-18,20H,12-15,19H2,1H3. The van der Waals surface area contributed by atoms with Crippen molar-refractivity contribution in [3.8, 4) is 0 Å². The number of hydrogen-bond acceptors (Lipinski definition) is 3. The van der Waals surface area contributed by atoms with E-state index >= 15 is 0 Å². The molecule has 0 radical (unpaired) electrons. The summed E-state index contributed by atoms with van der Waals surface area (Å²) in [4.78, 5) is 21.6. The van der Waals surface area contributed by atoms with Gasteiger partial charge in [0.05, 0.1) is 17.4 Å². The number of para-hydroxylation sites is 1. The Bertz CT molecular complexity index is 935. The molecule has 1 saturated heterocycles. The molecule has 4 heteroatoms. The second kappa shape index (κ2) is 8.91. The number of piperidine rings is 1. The number of aromatic nitrogens is 1. The van der Waals surface area contributed by atoms with Crippen LogP contribution in [0.25, 0.3) is 0 Å². The molecule has 29 heavy (non-hydrogen) atoms. The molecule has 0 spiro atoms. The van der Waals surface area contributed by atoms with Gasteiger partial charge in [-0.15, -0.1) is 0 Å². The molecule has 4 rings (SSSR count). The zero-order valence-electron chi connectivity index (χ0n) is 16.9. The molecule has 1 aliphatic rings. The van der Waals surface area contributed by atoms with Gasteiger partial charge in [0, 0.05) is 31.5 Å². The van der Waals surface area contributed by atoms with Crippen LogP contribution in [0.3, 0.4) is 0 Å². The minimum absolute atomic E-state index is 0.0824. The highest BCUT2D eigenvalue weighted by molar-refractivity contribution is 5.95. The molecular formula is C25H27N3O. The van der Waals surface area contributed by atoms with Crippen LogP contribution in [-0.2, 0) is 6.54 Å². The van der Waals surface area contributed by atoms with E-state index in [4.69, 9.17) is 0 Å². The highest BCUT2D eigenvalue weighted by Crippen LogP contribution is 2.28. The summed E-state index contributed by atoms with van der Waals surface area (Å²) in [5.41, 5.74) is 3.87. The van der Waals surface area contributed by atoms with E-state index in [2.05, 4.69) is 41.1 Å². The minimum Gasteiger partial charge on any atom is -0.339 e. The Labute approximate surface area is 172 Å². The summed E-state index contributed by atoms with van der Waals surface area (Å²) in [6, 6.07) is 22.6. The number of benzene rings is 2. The van der Waals surface area contributed by atoms with Crippen molar-refractivity contribution in [1.82, 2.24) is 9.88 Å². The maximum Gasteiger partial charge on any atom is 0.255 e. The van der Waals surface area contributed by atoms with Gasteiger partial charge in [-0.05, 0) is 42.5 Å². The largest absolute Gasteiger partial charge is 0.339 e. The van der Waals surface area contributed by atoms with Gasteiger partial charge >= 0.3 is 0 Å². The first kappa shape index (κ1) is 19.2. The van der Waals surface area contributed by atoms with Gasteiger partial charge in [-0.3, -0.25) is 9.78 Å². The van der Waals surface area contributed by atoms with E-state index in [1.807, 2.05) is 53.6 Å². The first-order chi connectivity index (χ1) is 14.2. The van der Waals surface area contributed by atoms with Gasteiger partial charge in [0.2, 0.25) is 0 Å². The third-order valence-corrected chi connectivity index (χ3v) is 5.60. The maximum absolute atomic E-state index is 13.0. The lowest BCUT2D eigenvalue weighted by Crippen LogP contribution is -2.38. The molecule has 0 atom stereocenters. The van der Waals surface area contributed by atoms with E-state index < -0.39 is 0 Å². The molecule has 0 unspecified atom stereocenters. The Morgan fingerprint density at radius 2 is 1.62 bits per heavy atom. The smallest absolute Gasteiger partial charge is 0.255 e. The summed E-state index contributed by atoms with van der Waals surface area (Å²) in [6.45, 7) is 4.63. The van der Waals surface area contributed by atoms with Crippen LogP contribution in [0.4, 0.5) is 11.4 Å². The van der Waals surface area contributed by atoms with Crippen molar-refractivity contribution in [2.24, 2.45) is 5.92 Å². The van der Waals surface area contributed by atoms with Gasteiger partial charge in [-0.2, -0.15) is 0 Å². The van der Waals surface area contributed by atoms with Crippen LogP contribution in [-0.4, -0.2) is 28.9 Å². The van der Waals surface area contributed by atoms with Crippen molar-refractivity contribution in [1.29, 1.82) is 0 Å². The number of hydrogen-bond donors (Lipinski definition) is 0. The quantitative estimate of drug-likeness (QED) is 0.599. The SMILES string of the molecule is CC1CCN(C(=O)c2cncc(N(Cc3ccccc3)c3ccccc3)c2)CC1. The summed E-state index contributed by atoms with van der Waals surface area (Å²) >= 11 is 0. The van der Waals surface area contributed by atoms with E-state index in [1.165, 1.54) is 5.56 Å². The Morgan fingerprint density at radius 1 is 0.966 bits per heavy atom. The summed E-state index contributed by atoms with van der Waals surface area (Å²) in [5, 5.41) is 0. The number of rotatable bonds is 5. The number of carbonyl (C=O) groups excluding carboxylic acids is 1. The lowest BCUT2D eigenvalue weighted by atomic mass is 9.99. The van der Waals surface area contributed by atoms with Crippen LogP contribution < -0.4 is 4.90 Å². The van der Waals surface area contributed by atoms with Crippen molar-refractivity contribution in [3.05, 3.63) is 90.3 Å². The zero-order valence-corrected chi connectivity index (χ0v) is 16.9. The van der Waals surface area contributed by atoms with Crippen molar-refractivity contribution in [2.75, 3.05) is 18.0 Å². The van der Waals surface area contributed by atoms with Crippen LogP contribution in [0.5, 0.6) is 0 Å². The third kappa shape index (κ3) is 4.65. The minimum atomic E-state index is 0.0824. The molecule has 1 fully saturated rings. The molecular weight excluding hydrogens is 358 g/mol. The van der Waals surface area contributed by atoms with Gasteiger partial charge in [-0.1, -0.05) is 55.5 Å². The highest BCUT2D eigenvalue weighted by atomic mass is 16.2. The summed E-state index contributed by atoms with van der Waals surface area (Å²) < 4.78 is 0. The van der Waals surface area contributed by atoms with Gasteiger partial charge < -0.3 is 9.80 Å². The van der Waals surface area contributed by atoms with Gasteiger partial charge in [0.15, 0.2) is 0 Å². The fraction of sp³-hybridized carbons (Fsp3) is 0.280. The van der Waals surface area contributed by atoms with E-state index in [0.717, 1.165) is 37.3 Å². The zero-order chi connectivity index (χ0) is 20.1. The molecule has 148 valence electrons. The van der Waals surface area contributed by atoms with E-state index in [1.54, 1.807) is 6.20 Å². The number of likely N-dealkylation sites (tertiary alicyclic amines) is 1. The van der Waals surface area contributed by atoms with Crippen LogP contribution in [0.1, 0.15) is 35.7 Å². The first-order valence-corrected chi connectivity index (χ1v) is 10.3. The predicted octanol–water partition coefficient (Wildman–Crippen LogP) is 5.29. The number of anilines is 2. The van der Waals surface area contributed by atoms with Gasteiger partial charge in [0.1, 0.15) is 0 Å². The van der Waals surface area contributed by atoms with Crippen LogP contribution in [0.15, 0.2) is 79.1 Å². The second-order valence-corrected chi connectivity index (χ2v) is 7.81. The van der Waals surface area contributed by atoms with Gasteiger partial charge in [0.25, 0.3) is 5.91 Å². The molecule has 0 saturated carbocycles. The molecule has 1 aliphatic heterocycles. The predicted molar refractivity (Wildman–Crippen MR) is 117 cm³/mol. The molecule has 0 bridgehead atoms. The molecule has 4 nitrogen and oxygen atoms in total. The van der Waals surface area contributed by atoms with E-state index in [-0.39, 0.29) is 5.91 Å². The van der Waals surface area contributed by atoms with Crippen molar-refractivity contribution in [3.63, 3.8) is 0 Å². The number of nitrogens with zero attached hydrogens (tertiary/aromatic N) is 3. The summed E-state index contributed by atoms with van der Waals surface area (Å²) in [6.07, 6.45) is 5.67. The van der Waals surface area contributed by atoms with Crippen LogP contribution in [0, 0.1) is 5.92 Å². The van der Waals surface area contributed by atoms with Crippen molar-refractivity contribution in [2.45, 2.75) is 26.3 Å². The molecule has 0 aliphatic carbocycles. The fourth-order valence-corrected chi connectivity index (χ4v) is 3.79. The van der Waals surface area contributed by atoms with Crippen LogP contribution >= 0.6 is 0 Å². The lowest BCUT2D eigenvalue weighted by Gasteiger charge is -2.30. The number of carbonyl (C=O) groups is 1.